The van der Waals surface area contributed by atoms with Crippen LogP contribution in [0.3, 0.4) is 0 Å². The molecular weight excluding hydrogens is 248 g/mol. The Morgan fingerprint density at radius 3 is 2.50 bits per heavy atom. The molecule has 4 heteroatoms. The molecule has 3 nitrogen and oxygen atoms in total. The Bertz CT molecular complexity index is 525. The largest absolute Gasteiger partial charge is 0.345 e. The van der Waals surface area contributed by atoms with E-state index in [9.17, 15) is 4.79 Å². The maximum Gasteiger partial charge on any atom is 0.217 e. The van der Waals surface area contributed by atoms with Crippen LogP contribution < -0.4 is 5.32 Å². The Kier molecular flexibility index (Phi) is 3.95. The summed E-state index contributed by atoms with van der Waals surface area (Å²) in [6.45, 7) is 1.50. The predicted octanol–water partition coefficient (Wildman–Crippen LogP) is 2.96. The zero-order chi connectivity index (χ0) is 13.0. The van der Waals surface area contributed by atoms with Gasteiger partial charge in [0.1, 0.15) is 0 Å². The molecule has 0 saturated heterocycles. The van der Waals surface area contributed by atoms with E-state index in [4.69, 9.17) is 11.6 Å². The molecule has 18 heavy (non-hydrogen) atoms. The van der Waals surface area contributed by atoms with Crippen LogP contribution in [0.1, 0.15) is 24.1 Å². The number of carbonyl (C=O) groups is 1. The number of pyridine rings is 1. The van der Waals surface area contributed by atoms with Gasteiger partial charge in [-0.05, 0) is 29.3 Å². The molecule has 2 rings (SSSR count). The zero-order valence-electron chi connectivity index (χ0n) is 9.93. The Labute approximate surface area is 111 Å². The lowest BCUT2D eigenvalue weighted by Gasteiger charge is -2.18. The van der Waals surface area contributed by atoms with Crippen LogP contribution in [0.5, 0.6) is 0 Å². The van der Waals surface area contributed by atoms with Crippen LogP contribution in [-0.2, 0) is 4.79 Å². The van der Waals surface area contributed by atoms with Crippen LogP contribution in [0.2, 0.25) is 5.02 Å². The number of carbonyl (C=O) groups excluding carboxylic acids is 1. The molecule has 0 aliphatic heterocycles. The van der Waals surface area contributed by atoms with Crippen LogP contribution in [0.25, 0.3) is 0 Å². The number of nitrogens with zero attached hydrogens (tertiary/aromatic N) is 1. The van der Waals surface area contributed by atoms with Crippen molar-refractivity contribution >= 4 is 17.5 Å². The Hall–Kier alpha value is -1.87. The fraction of sp³-hybridized carbons (Fsp3) is 0.143. The molecule has 92 valence electrons. The Balaban J connectivity index is 2.36. The van der Waals surface area contributed by atoms with Crippen molar-refractivity contribution in [3.63, 3.8) is 0 Å². The topological polar surface area (TPSA) is 42.0 Å². The molecular formula is C14H13ClN2O. The van der Waals surface area contributed by atoms with Gasteiger partial charge >= 0.3 is 0 Å². The molecule has 0 spiro atoms. The van der Waals surface area contributed by atoms with Gasteiger partial charge in [0.2, 0.25) is 5.91 Å². The molecule has 1 aromatic heterocycles. The number of hydrogen-bond donors (Lipinski definition) is 1. The van der Waals surface area contributed by atoms with E-state index in [1.807, 2.05) is 36.4 Å². The van der Waals surface area contributed by atoms with Gasteiger partial charge in [-0.2, -0.15) is 0 Å². The number of benzene rings is 1. The molecule has 1 atom stereocenters. The minimum atomic E-state index is -0.200. The van der Waals surface area contributed by atoms with Crippen LogP contribution >= 0.6 is 11.6 Å². The zero-order valence-corrected chi connectivity index (χ0v) is 10.7. The number of amides is 1. The third-order valence-electron chi connectivity index (χ3n) is 2.57. The summed E-state index contributed by atoms with van der Waals surface area (Å²) in [5.74, 6) is -0.0844. The van der Waals surface area contributed by atoms with Crippen LogP contribution in [-0.4, -0.2) is 10.9 Å². The number of aromatic nitrogens is 1. The van der Waals surface area contributed by atoms with Crippen LogP contribution in [0.15, 0.2) is 48.8 Å². The third kappa shape index (κ3) is 3.08. The summed E-state index contributed by atoms with van der Waals surface area (Å²) < 4.78 is 0. The summed E-state index contributed by atoms with van der Waals surface area (Å²) in [4.78, 5) is 15.4. The molecule has 1 heterocycles. The van der Waals surface area contributed by atoms with Gasteiger partial charge in [0.25, 0.3) is 0 Å². The number of nitrogens with one attached hydrogen (secondary N) is 1. The average Bonchev–Trinajstić information content (AvgIpc) is 2.38. The fourth-order valence-electron chi connectivity index (χ4n) is 1.76. The highest BCUT2D eigenvalue weighted by Gasteiger charge is 2.14. The van der Waals surface area contributed by atoms with E-state index < -0.39 is 0 Å². The van der Waals surface area contributed by atoms with Crippen molar-refractivity contribution in [2.45, 2.75) is 13.0 Å². The summed E-state index contributed by atoms with van der Waals surface area (Å²) in [6.07, 6.45) is 3.45. The van der Waals surface area contributed by atoms with Gasteiger partial charge in [0, 0.05) is 24.3 Å². The molecule has 1 N–H and O–H groups in total. The highest BCUT2D eigenvalue weighted by atomic mass is 35.5. The van der Waals surface area contributed by atoms with E-state index in [2.05, 4.69) is 10.3 Å². The molecule has 0 aliphatic rings. The van der Waals surface area contributed by atoms with Gasteiger partial charge in [0.05, 0.1) is 6.04 Å². The molecule has 0 radical (unpaired) electrons. The second-order valence-electron chi connectivity index (χ2n) is 3.97. The summed E-state index contributed by atoms with van der Waals surface area (Å²) in [7, 11) is 0. The van der Waals surface area contributed by atoms with Gasteiger partial charge < -0.3 is 5.32 Å². The van der Waals surface area contributed by atoms with E-state index in [0.717, 1.165) is 11.1 Å². The van der Waals surface area contributed by atoms with Crippen LogP contribution in [0, 0.1) is 0 Å². The van der Waals surface area contributed by atoms with Crippen molar-refractivity contribution in [1.82, 2.24) is 10.3 Å². The van der Waals surface area contributed by atoms with E-state index in [0.29, 0.717) is 5.02 Å². The lowest BCUT2D eigenvalue weighted by atomic mass is 10.0. The molecule has 0 bridgehead atoms. The molecule has 0 aliphatic carbocycles. The first-order valence-electron chi connectivity index (χ1n) is 5.59. The van der Waals surface area contributed by atoms with Crippen molar-refractivity contribution in [1.29, 1.82) is 0 Å². The standard InChI is InChI=1S/C14H13ClN2O/c1-10(18)17-14(12-3-2-8-16-9-12)11-4-6-13(15)7-5-11/h2-9,14H,1H3,(H,17,18)/t14-/m1/s1. The van der Waals surface area contributed by atoms with Crippen molar-refractivity contribution in [3.8, 4) is 0 Å². The van der Waals surface area contributed by atoms with Gasteiger partial charge in [-0.3, -0.25) is 9.78 Å². The number of hydrogen-bond acceptors (Lipinski definition) is 2. The number of rotatable bonds is 3. The SMILES string of the molecule is CC(=O)N[C@H](c1ccc(Cl)cc1)c1cccnc1. The van der Waals surface area contributed by atoms with E-state index in [1.165, 1.54) is 6.92 Å². The Morgan fingerprint density at radius 2 is 1.94 bits per heavy atom. The summed E-state index contributed by atoms with van der Waals surface area (Å²) >= 11 is 5.87. The summed E-state index contributed by atoms with van der Waals surface area (Å²) in [6, 6.07) is 11.0. The lowest BCUT2D eigenvalue weighted by molar-refractivity contribution is -0.119. The highest BCUT2D eigenvalue weighted by Crippen LogP contribution is 2.22. The first kappa shape index (κ1) is 12.6. The van der Waals surface area contributed by atoms with Gasteiger partial charge in [0.15, 0.2) is 0 Å². The first-order chi connectivity index (χ1) is 8.66. The van der Waals surface area contributed by atoms with Crippen molar-refractivity contribution < 1.29 is 4.79 Å². The second kappa shape index (κ2) is 5.65. The highest BCUT2D eigenvalue weighted by molar-refractivity contribution is 6.30. The van der Waals surface area contributed by atoms with Gasteiger partial charge in [-0.25, -0.2) is 0 Å². The summed E-state index contributed by atoms with van der Waals surface area (Å²) in [5.41, 5.74) is 1.91. The van der Waals surface area contributed by atoms with Crippen molar-refractivity contribution in [2.75, 3.05) is 0 Å². The molecule has 0 fully saturated rings. The lowest BCUT2D eigenvalue weighted by Crippen LogP contribution is -2.26. The average molecular weight is 261 g/mol. The summed E-state index contributed by atoms with van der Waals surface area (Å²) in [5, 5.41) is 3.58. The third-order valence-corrected chi connectivity index (χ3v) is 2.82. The molecule has 2 aromatic rings. The smallest absolute Gasteiger partial charge is 0.217 e. The second-order valence-corrected chi connectivity index (χ2v) is 4.41. The van der Waals surface area contributed by atoms with Gasteiger partial charge in [-0.15, -0.1) is 0 Å². The van der Waals surface area contributed by atoms with Crippen LogP contribution in [0.4, 0.5) is 0 Å². The first-order valence-corrected chi connectivity index (χ1v) is 5.97. The predicted molar refractivity (Wildman–Crippen MR) is 71.3 cm³/mol. The minimum absolute atomic E-state index is 0.0844. The minimum Gasteiger partial charge on any atom is -0.345 e. The van der Waals surface area contributed by atoms with E-state index in [1.54, 1.807) is 12.4 Å². The molecule has 0 unspecified atom stereocenters. The normalized spacial score (nSPS) is 11.9. The number of halogens is 1. The van der Waals surface area contributed by atoms with Crippen molar-refractivity contribution in [3.05, 3.63) is 64.9 Å². The molecule has 1 amide bonds. The maximum atomic E-state index is 11.3. The maximum absolute atomic E-state index is 11.3. The van der Waals surface area contributed by atoms with E-state index >= 15 is 0 Å². The molecule has 1 aromatic carbocycles. The van der Waals surface area contributed by atoms with Crippen molar-refractivity contribution in [2.24, 2.45) is 0 Å². The van der Waals surface area contributed by atoms with Gasteiger partial charge in [-0.1, -0.05) is 29.8 Å². The van der Waals surface area contributed by atoms with E-state index in [-0.39, 0.29) is 11.9 Å². The monoisotopic (exact) mass is 260 g/mol. The quantitative estimate of drug-likeness (QED) is 0.922. The Morgan fingerprint density at radius 1 is 1.22 bits per heavy atom. The molecule has 0 saturated carbocycles. The fourth-order valence-corrected chi connectivity index (χ4v) is 1.89.